The highest BCUT2D eigenvalue weighted by Crippen LogP contribution is 2.22. The van der Waals surface area contributed by atoms with Crippen molar-refractivity contribution in [2.75, 3.05) is 17.2 Å². The average molecular weight is 355 g/mol. The van der Waals surface area contributed by atoms with Crippen LogP contribution in [-0.4, -0.2) is 12.5 Å². The predicted molar refractivity (Wildman–Crippen MR) is 82.6 cm³/mol. The molecular weight excluding hydrogens is 342 g/mol. The fraction of sp³-hybridized carbons (Fsp3) is 0.133. The summed E-state index contributed by atoms with van der Waals surface area (Å²) in [5, 5.41) is 5.16. The van der Waals surface area contributed by atoms with E-state index in [1.54, 1.807) is 31.2 Å². The molecule has 0 aliphatic heterocycles. The van der Waals surface area contributed by atoms with E-state index in [0.29, 0.717) is 12.2 Å². The Hall–Kier alpha value is -1.95. The van der Waals surface area contributed by atoms with Crippen LogP contribution in [0.15, 0.2) is 40.9 Å². The van der Waals surface area contributed by atoms with Gasteiger partial charge in [0.05, 0.1) is 0 Å². The number of carbonyl (C=O) groups is 1. The van der Waals surface area contributed by atoms with Crippen LogP contribution in [0.1, 0.15) is 17.3 Å². The first-order chi connectivity index (χ1) is 10.0. The van der Waals surface area contributed by atoms with Gasteiger partial charge < -0.3 is 10.6 Å². The van der Waals surface area contributed by atoms with Gasteiger partial charge in [0.15, 0.2) is 0 Å². The summed E-state index contributed by atoms with van der Waals surface area (Å²) < 4.78 is 28.3. The molecule has 0 saturated carbocycles. The molecular formula is C15H13BrF2N2O. The molecule has 2 aromatic rings. The zero-order valence-corrected chi connectivity index (χ0v) is 12.8. The van der Waals surface area contributed by atoms with Gasteiger partial charge in [-0.1, -0.05) is 22.0 Å². The van der Waals surface area contributed by atoms with Crippen LogP contribution in [0.2, 0.25) is 0 Å². The van der Waals surface area contributed by atoms with Crippen LogP contribution in [0.3, 0.4) is 0 Å². The number of carbonyl (C=O) groups excluding carboxylic acids is 1. The molecule has 0 unspecified atom stereocenters. The van der Waals surface area contributed by atoms with Crippen LogP contribution in [0, 0.1) is 11.6 Å². The van der Waals surface area contributed by atoms with Crippen LogP contribution in [0.5, 0.6) is 0 Å². The summed E-state index contributed by atoms with van der Waals surface area (Å²) >= 11 is 3.28. The molecule has 2 N–H and O–H groups in total. The van der Waals surface area contributed by atoms with Gasteiger partial charge in [-0.3, -0.25) is 4.79 Å². The third kappa shape index (κ3) is 3.78. The van der Waals surface area contributed by atoms with Crippen molar-refractivity contribution < 1.29 is 13.6 Å². The van der Waals surface area contributed by atoms with Crippen molar-refractivity contribution in [2.45, 2.75) is 6.92 Å². The lowest BCUT2D eigenvalue weighted by molar-refractivity contribution is 0.102. The quantitative estimate of drug-likeness (QED) is 0.853. The minimum atomic E-state index is -0.795. The molecule has 110 valence electrons. The van der Waals surface area contributed by atoms with Gasteiger partial charge in [-0.25, -0.2) is 8.78 Å². The van der Waals surface area contributed by atoms with E-state index in [1.165, 1.54) is 0 Å². The highest BCUT2D eigenvalue weighted by Gasteiger charge is 2.15. The van der Waals surface area contributed by atoms with Crippen molar-refractivity contribution in [2.24, 2.45) is 0 Å². The van der Waals surface area contributed by atoms with Gasteiger partial charge in [0.2, 0.25) is 0 Å². The molecule has 0 atom stereocenters. The SMILES string of the molecule is CCNc1c(F)cc(C(=O)Nc2cccc(Br)c2)cc1F. The van der Waals surface area contributed by atoms with E-state index in [-0.39, 0.29) is 11.3 Å². The molecule has 0 aliphatic carbocycles. The van der Waals surface area contributed by atoms with Crippen molar-refractivity contribution in [1.82, 2.24) is 0 Å². The molecule has 6 heteroatoms. The molecule has 2 rings (SSSR count). The molecule has 3 nitrogen and oxygen atoms in total. The van der Waals surface area contributed by atoms with E-state index in [4.69, 9.17) is 0 Å². The van der Waals surface area contributed by atoms with Gasteiger partial charge in [0.25, 0.3) is 5.91 Å². The first-order valence-corrected chi connectivity index (χ1v) is 7.10. The standard InChI is InChI=1S/C15H13BrF2N2O/c1-2-19-14-12(17)6-9(7-13(14)18)15(21)20-11-5-3-4-10(16)8-11/h3-8,19H,2H2,1H3,(H,20,21). The lowest BCUT2D eigenvalue weighted by atomic mass is 10.1. The molecule has 0 fully saturated rings. The van der Waals surface area contributed by atoms with Crippen molar-refractivity contribution in [1.29, 1.82) is 0 Å². The second-order valence-electron chi connectivity index (χ2n) is 4.31. The van der Waals surface area contributed by atoms with Crippen molar-refractivity contribution in [3.05, 3.63) is 58.1 Å². The van der Waals surface area contributed by atoms with Gasteiger partial charge in [-0.2, -0.15) is 0 Å². The van der Waals surface area contributed by atoms with E-state index in [0.717, 1.165) is 16.6 Å². The maximum atomic E-state index is 13.8. The van der Waals surface area contributed by atoms with Gasteiger partial charge in [-0.05, 0) is 37.3 Å². The minimum absolute atomic E-state index is 0.0772. The Bertz CT molecular complexity index is 653. The maximum absolute atomic E-state index is 13.8. The summed E-state index contributed by atoms with van der Waals surface area (Å²) in [6, 6.07) is 8.94. The van der Waals surface area contributed by atoms with Gasteiger partial charge >= 0.3 is 0 Å². The number of anilines is 2. The summed E-state index contributed by atoms with van der Waals surface area (Å²) in [6.45, 7) is 2.12. The van der Waals surface area contributed by atoms with Gasteiger partial charge in [0, 0.05) is 22.3 Å². The highest BCUT2D eigenvalue weighted by atomic mass is 79.9. The van der Waals surface area contributed by atoms with Crippen molar-refractivity contribution in [3.63, 3.8) is 0 Å². The lowest BCUT2D eigenvalue weighted by Crippen LogP contribution is -2.13. The fourth-order valence-corrected chi connectivity index (χ4v) is 2.22. The van der Waals surface area contributed by atoms with E-state index in [2.05, 4.69) is 26.6 Å². The third-order valence-electron chi connectivity index (χ3n) is 2.74. The summed E-state index contributed by atoms with van der Waals surface area (Å²) in [5.41, 5.74) is 0.231. The van der Waals surface area contributed by atoms with E-state index in [1.807, 2.05) is 0 Å². The van der Waals surface area contributed by atoms with Crippen LogP contribution in [0.25, 0.3) is 0 Å². The number of rotatable bonds is 4. The second kappa shape index (κ2) is 6.67. The molecule has 0 aromatic heterocycles. The first-order valence-electron chi connectivity index (χ1n) is 6.31. The smallest absolute Gasteiger partial charge is 0.255 e. The zero-order chi connectivity index (χ0) is 15.4. The number of nitrogens with one attached hydrogen (secondary N) is 2. The first kappa shape index (κ1) is 15.4. The second-order valence-corrected chi connectivity index (χ2v) is 5.23. The third-order valence-corrected chi connectivity index (χ3v) is 3.23. The van der Waals surface area contributed by atoms with Gasteiger partial charge in [-0.15, -0.1) is 0 Å². The Kier molecular flexibility index (Phi) is 4.90. The number of halogens is 3. The monoisotopic (exact) mass is 354 g/mol. The molecule has 21 heavy (non-hydrogen) atoms. The Morgan fingerprint density at radius 3 is 2.43 bits per heavy atom. The Labute approximate surface area is 129 Å². The molecule has 0 aliphatic rings. The number of amides is 1. The van der Waals surface area contributed by atoms with Crippen molar-refractivity contribution in [3.8, 4) is 0 Å². The Balaban J connectivity index is 2.24. The van der Waals surface area contributed by atoms with E-state index < -0.39 is 17.5 Å². The molecule has 0 heterocycles. The number of benzene rings is 2. The van der Waals surface area contributed by atoms with Gasteiger partial charge in [0.1, 0.15) is 17.3 Å². The molecule has 0 spiro atoms. The normalized spacial score (nSPS) is 10.3. The minimum Gasteiger partial charge on any atom is -0.381 e. The van der Waals surface area contributed by atoms with Crippen LogP contribution < -0.4 is 10.6 Å². The summed E-state index contributed by atoms with van der Waals surface area (Å²) in [6.07, 6.45) is 0. The Morgan fingerprint density at radius 1 is 1.19 bits per heavy atom. The summed E-state index contributed by atoms with van der Waals surface area (Å²) in [4.78, 5) is 12.0. The number of hydrogen-bond donors (Lipinski definition) is 2. The molecule has 2 aromatic carbocycles. The number of hydrogen-bond acceptors (Lipinski definition) is 2. The average Bonchev–Trinajstić information content (AvgIpc) is 2.42. The molecule has 0 bridgehead atoms. The summed E-state index contributed by atoms with van der Waals surface area (Å²) in [5.74, 6) is -2.17. The van der Waals surface area contributed by atoms with Crippen LogP contribution >= 0.6 is 15.9 Å². The maximum Gasteiger partial charge on any atom is 0.255 e. The molecule has 1 amide bonds. The topological polar surface area (TPSA) is 41.1 Å². The zero-order valence-electron chi connectivity index (χ0n) is 11.2. The van der Waals surface area contributed by atoms with E-state index >= 15 is 0 Å². The largest absolute Gasteiger partial charge is 0.381 e. The molecule has 0 saturated heterocycles. The predicted octanol–water partition coefficient (Wildman–Crippen LogP) is 4.41. The van der Waals surface area contributed by atoms with Crippen LogP contribution in [0.4, 0.5) is 20.2 Å². The molecule has 0 radical (unpaired) electrons. The van der Waals surface area contributed by atoms with E-state index in [9.17, 15) is 13.6 Å². The highest BCUT2D eigenvalue weighted by molar-refractivity contribution is 9.10. The summed E-state index contributed by atoms with van der Waals surface area (Å²) in [7, 11) is 0. The lowest BCUT2D eigenvalue weighted by Gasteiger charge is -2.10. The van der Waals surface area contributed by atoms with Crippen LogP contribution in [-0.2, 0) is 0 Å². The van der Waals surface area contributed by atoms with Crippen molar-refractivity contribution >= 4 is 33.2 Å². The Morgan fingerprint density at radius 2 is 1.86 bits per heavy atom. The fourth-order valence-electron chi connectivity index (χ4n) is 1.82.